The van der Waals surface area contributed by atoms with Gasteiger partial charge in [0, 0.05) is 29.5 Å². The fraction of sp³-hybridized carbons (Fsp3) is 0.192. The number of ketones is 1. The van der Waals surface area contributed by atoms with E-state index in [0.717, 1.165) is 44.0 Å². The average Bonchev–Trinajstić information content (AvgIpc) is 2.78. The van der Waals surface area contributed by atoms with Crippen molar-refractivity contribution in [2.24, 2.45) is 0 Å². The molecular weight excluding hydrogens is 360 g/mol. The first-order valence-electron chi connectivity index (χ1n) is 10.0. The van der Waals surface area contributed by atoms with Crippen molar-refractivity contribution in [1.82, 2.24) is 0 Å². The Labute approximate surface area is 170 Å². The molecule has 0 amide bonds. The zero-order chi connectivity index (χ0) is 20.2. The zero-order valence-corrected chi connectivity index (χ0v) is 16.8. The minimum absolute atomic E-state index is 0.164. The average molecular weight is 384 g/mol. The summed E-state index contributed by atoms with van der Waals surface area (Å²) >= 11 is 0. The molecule has 0 aliphatic heterocycles. The Kier molecular flexibility index (Phi) is 5.59. The van der Waals surface area contributed by atoms with Gasteiger partial charge in [-0.1, -0.05) is 67.6 Å². The summed E-state index contributed by atoms with van der Waals surface area (Å²) < 4.78 is 11.5. The molecule has 3 heteroatoms. The van der Waals surface area contributed by atoms with E-state index in [1.165, 1.54) is 0 Å². The van der Waals surface area contributed by atoms with E-state index in [0.29, 0.717) is 13.0 Å². The molecule has 0 N–H and O–H groups in total. The second kappa shape index (κ2) is 8.46. The minimum Gasteiger partial charge on any atom is -0.466 e. The van der Waals surface area contributed by atoms with Crippen LogP contribution in [0.4, 0.5) is 0 Å². The van der Waals surface area contributed by atoms with Crippen LogP contribution in [0.1, 0.15) is 30.6 Å². The van der Waals surface area contributed by atoms with Crippen molar-refractivity contribution in [2.75, 3.05) is 13.4 Å². The van der Waals surface area contributed by atoms with Gasteiger partial charge in [-0.2, -0.15) is 0 Å². The fourth-order valence-electron chi connectivity index (χ4n) is 3.60. The first kappa shape index (κ1) is 19.2. The highest BCUT2D eigenvalue weighted by Gasteiger charge is 2.12. The number of rotatable bonds is 7. The third-order valence-corrected chi connectivity index (χ3v) is 5.16. The third kappa shape index (κ3) is 3.87. The predicted molar refractivity (Wildman–Crippen MR) is 119 cm³/mol. The van der Waals surface area contributed by atoms with Crippen LogP contribution in [0.5, 0.6) is 5.75 Å². The quantitative estimate of drug-likeness (QED) is 0.204. The van der Waals surface area contributed by atoms with E-state index in [2.05, 4.69) is 42.5 Å². The van der Waals surface area contributed by atoms with Gasteiger partial charge in [0.2, 0.25) is 0 Å². The molecule has 0 saturated carbocycles. The molecule has 0 aliphatic rings. The lowest BCUT2D eigenvalue weighted by atomic mass is 9.96. The second-order valence-corrected chi connectivity index (χ2v) is 6.97. The normalized spacial score (nSPS) is 11.1. The zero-order valence-electron chi connectivity index (χ0n) is 16.8. The molecule has 0 heterocycles. The van der Waals surface area contributed by atoms with E-state index in [4.69, 9.17) is 9.47 Å². The van der Waals surface area contributed by atoms with E-state index in [1.54, 1.807) is 0 Å². The van der Waals surface area contributed by atoms with Crippen LogP contribution in [-0.2, 0) is 4.74 Å². The predicted octanol–water partition coefficient (Wildman–Crippen LogP) is 6.63. The molecule has 0 unspecified atom stereocenters. The lowest BCUT2D eigenvalue weighted by molar-refractivity contribution is 0.0237. The molecular formula is C26H24O3. The Morgan fingerprint density at radius 2 is 1.59 bits per heavy atom. The summed E-state index contributed by atoms with van der Waals surface area (Å²) in [5.74, 6) is 0.991. The Hall–Kier alpha value is -3.17. The maximum atomic E-state index is 12.0. The number of hydrogen-bond acceptors (Lipinski definition) is 3. The summed E-state index contributed by atoms with van der Waals surface area (Å²) in [5, 5.41) is 4.35. The number of Topliss-reactive ketones (excluding diaryl/α,β-unsaturated/α-hetero) is 1. The van der Waals surface area contributed by atoms with Gasteiger partial charge in [0.05, 0.1) is 0 Å². The summed E-state index contributed by atoms with van der Waals surface area (Å²) in [6.45, 7) is 4.66. The van der Waals surface area contributed by atoms with Gasteiger partial charge in [0.15, 0.2) is 12.6 Å². The topological polar surface area (TPSA) is 35.5 Å². The van der Waals surface area contributed by atoms with Crippen LogP contribution in [-0.4, -0.2) is 19.2 Å². The highest BCUT2D eigenvalue weighted by molar-refractivity contribution is 6.01. The van der Waals surface area contributed by atoms with Gasteiger partial charge in [-0.3, -0.25) is 4.79 Å². The number of ether oxygens (including phenoxy) is 2. The van der Waals surface area contributed by atoms with Crippen LogP contribution in [0.3, 0.4) is 0 Å². The third-order valence-electron chi connectivity index (χ3n) is 5.16. The number of benzene rings is 4. The molecule has 0 atom stereocenters. The van der Waals surface area contributed by atoms with E-state index in [1.807, 2.05) is 44.2 Å². The molecule has 29 heavy (non-hydrogen) atoms. The maximum absolute atomic E-state index is 12.0. The van der Waals surface area contributed by atoms with Crippen molar-refractivity contribution >= 4 is 27.3 Å². The number of fused-ring (bicyclic) bond motifs is 2. The van der Waals surface area contributed by atoms with Crippen LogP contribution in [0.25, 0.3) is 32.7 Å². The molecule has 0 aliphatic carbocycles. The summed E-state index contributed by atoms with van der Waals surface area (Å²) in [6, 6.07) is 24.6. The van der Waals surface area contributed by atoms with Crippen LogP contribution >= 0.6 is 0 Å². The van der Waals surface area contributed by atoms with Gasteiger partial charge in [0.25, 0.3) is 0 Å². The minimum atomic E-state index is 0.164. The van der Waals surface area contributed by atoms with Crippen molar-refractivity contribution in [3.63, 3.8) is 0 Å². The molecule has 0 bridgehead atoms. The summed E-state index contributed by atoms with van der Waals surface area (Å²) in [5.41, 5.74) is 2.86. The Balaban J connectivity index is 1.81. The molecule has 0 saturated heterocycles. The molecule has 3 nitrogen and oxygen atoms in total. The number of carbonyl (C=O) groups is 1. The van der Waals surface area contributed by atoms with E-state index >= 15 is 0 Å². The standard InChI is InChI=1S/C26H24O3/c1-3-25(27)22-12-10-19-15-21(11-9-20(19)16-22)24-14-13-18-7-5-6-8-23(18)26(24)29-17-28-4-2/h5-16H,3-4,17H2,1-2H3. The monoisotopic (exact) mass is 384 g/mol. The Morgan fingerprint density at radius 3 is 2.41 bits per heavy atom. The molecule has 4 rings (SSSR count). The van der Waals surface area contributed by atoms with Gasteiger partial charge < -0.3 is 9.47 Å². The fourth-order valence-corrected chi connectivity index (χ4v) is 3.60. The summed E-state index contributed by atoms with van der Waals surface area (Å²) in [6.07, 6.45) is 0.515. The first-order chi connectivity index (χ1) is 14.2. The maximum Gasteiger partial charge on any atom is 0.189 e. The van der Waals surface area contributed by atoms with Gasteiger partial charge >= 0.3 is 0 Å². The van der Waals surface area contributed by atoms with Crippen molar-refractivity contribution in [3.05, 3.63) is 78.4 Å². The molecule has 4 aromatic rings. The van der Waals surface area contributed by atoms with Gasteiger partial charge in [-0.15, -0.1) is 0 Å². The van der Waals surface area contributed by atoms with Crippen molar-refractivity contribution in [1.29, 1.82) is 0 Å². The van der Waals surface area contributed by atoms with E-state index in [9.17, 15) is 4.79 Å². The van der Waals surface area contributed by atoms with Crippen LogP contribution < -0.4 is 4.74 Å². The van der Waals surface area contributed by atoms with Crippen molar-refractivity contribution in [3.8, 4) is 16.9 Å². The largest absolute Gasteiger partial charge is 0.466 e. The van der Waals surface area contributed by atoms with Crippen LogP contribution in [0, 0.1) is 0 Å². The Bertz CT molecular complexity index is 1180. The highest BCUT2D eigenvalue weighted by atomic mass is 16.7. The SMILES string of the molecule is CCOCOc1c(-c2ccc3cc(C(=O)CC)ccc3c2)ccc2ccccc12. The first-order valence-corrected chi connectivity index (χ1v) is 10.0. The molecule has 0 fully saturated rings. The van der Waals surface area contributed by atoms with E-state index < -0.39 is 0 Å². The number of carbonyl (C=O) groups excluding carboxylic acids is 1. The Morgan fingerprint density at radius 1 is 0.828 bits per heavy atom. The van der Waals surface area contributed by atoms with Gasteiger partial charge in [-0.25, -0.2) is 0 Å². The van der Waals surface area contributed by atoms with Crippen molar-refractivity contribution < 1.29 is 14.3 Å². The lowest BCUT2D eigenvalue weighted by Crippen LogP contribution is -2.03. The smallest absolute Gasteiger partial charge is 0.189 e. The lowest BCUT2D eigenvalue weighted by Gasteiger charge is -2.15. The van der Waals surface area contributed by atoms with Crippen LogP contribution in [0.15, 0.2) is 72.8 Å². The highest BCUT2D eigenvalue weighted by Crippen LogP contribution is 2.38. The molecule has 4 aromatic carbocycles. The van der Waals surface area contributed by atoms with Gasteiger partial charge in [-0.05, 0) is 40.8 Å². The molecule has 0 radical (unpaired) electrons. The second-order valence-electron chi connectivity index (χ2n) is 6.97. The number of hydrogen-bond donors (Lipinski definition) is 0. The van der Waals surface area contributed by atoms with E-state index in [-0.39, 0.29) is 12.6 Å². The summed E-state index contributed by atoms with van der Waals surface area (Å²) in [4.78, 5) is 12.0. The van der Waals surface area contributed by atoms with Crippen LogP contribution in [0.2, 0.25) is 0 Å². The molecule has 146 valence electrons. The molecule has 0 aromatic heterocycles. The molecule has 0 spiro atoms. The van der Waals surface area contributed by atoms with Crippen molar-refractivity contribution in [2.45, 2.75) is 20.3 Å². The van der Waals surface area contributed by atoms with Gasteiger partial charge in [0.1, 0.15) is 5.75 Å². The summed E-state index contributed by atoms with van der Waals surface area (Å²) in [7, 11) is 0.